The van der Waals surface area contributed by atoms with Crippen LogP contribution >= 0.6 is 15.9 Å². The van der Waals surface area contributed by atoms with E-state index < -0.39 is 0 Å². The van der Waals surface area contributed by atoms with Gasteiger partial charge in [-0.3, -0.25) is 0 Å². The van der Waals surface area contributed by atoms with Crippen LogP contribution in [0.25, 0.3) is 0 Å². The quantitative estimate of drug-likeness (QED) is 0.854. The lowest BCUT2D eigenvalue weighted by molar-refractivity contribution is 0.755. The van der Waals surface area contributed by atoms with Crippen molar-refractivity contribution >= 4 is 21.6 Å². The molecule has 1 atom stereocenters. The number of anilines is 1. The van der Waals surface area contributed by atoms with Gasteiger partial charge in [-0.1, -0.05) is 35.2 Å². The number of nitrogens with one attached hydrogen (secondary N) is 1. The van der Waals surface area contributed by atoms with Gasteiger partial charge in [0.15, 0.2) is 0 Å². The Kier molecular flexibility index (Phi) is 4.89. The Morgan fingerprint density at radius 1 is 1.56 bits per heavy atom. The zero-order valence-corrected chi connectivity index (χ0v) is 10.7. The minimum Gasteiger partial charge on any atom is -0.370 e. The van der Waals surface area contributed by atoms with Crippen molar-refractivity contribution in [3.8, 4) is 18.4 Å². The molecule has 1 aromatic carbocycles. The second kappa shape index (κ2) is 6.20. The second-order valence-corrected chi connectivity index (χ2v) is 4.37. The molecule has 1 unspecified atom stereocenters. The van der Waals surface area contributed by atoms with Gasteiger partial charge in [0.05, 0.1) is 17.3 Å². The minimum atomic E-state index is -0.0155. The van der Waals surface area contributed by atoms with Gasteiger partial charge in [-0.2, -0.15) is 5.26 Å². The van der Waals surface area contributed by atoms with Crippen molar-refractivity contribution < 1.29 is 0 Å². The second-order valence-electron chi connectivity index (χ2n) is 3.45. The Balaban J connectivity index is 2.89. The van der Waals surface area contributed by atoms with Crippen molar-refractivity contribution in [1.29, 1.82) is 5.26 Å². The maximum absolute atomic E-state index is 9.00. The fourth-order valence-electron chi connectivity index (χ4n) is 1.41. The summed E-state index contributed by atoms with van der Waals surface area (Å²) in [5.41, 5.74) is 1.40. The lowest BCUT2D eigenvalue weighted by Crippen LogP contribution is -2.17. The first kappa shape index (κ1) is 12.6. The first-order valence-corrected chi connectivity index (χ1v) is 5.93. The molecule has 0 bridgehead atoms. The van der Waals surface area contributed by atoms with E-state index >= 15 is 0 Å². The van der Waals surface area contributed by atoms with Crippen LogP contribution in [0.2, 0.25) is 0 Å². The molecule has 0 aliphatic heterocycles. The van der Waals surface area contributed by atoms with E-state index in [1.807, 2.05) is 12.1 Å². The zero-order chi connectivity index (χ0) is 12.0. The lowest BCUT2D eigenvalue weighted by atomic mass is 10.1. The van der Waals surface area contributed by atoms with Gasteiger partial charge in [0, 0.05) is 4.47 Å². The number of hydrogen-bond donors (Lipinski definition) is 1. The van der Waals surface area contributed by atoms with Crippen LogP contribution in [0.5, 0.6) is 0 Å². The summed E-state index contributed by atoms with van der Waals surface area (Å²) in [6.45, 7) is 2.08. The molecule has 1 N–H and O–H groups in total. The van der Waals surface area contributed by atoms with E-state index in [0.717, 1.165) is 23.0 Å². The first-order valence-electron chi connectivity index (χ1n) is 5.13. The Bertz CT molecular complexity index is 440. The smallest absolute Gasteiger partial charge is 0.101 e. The van der Waals surface area contributed by atoms with Crippen LogP contribution in [0.3, 0.4) is 0 Å². The molecule has 0 saturated heterocycles. The van der Waals surface area contributed by atoms with E-state index in [-0.39, 0.29) is 6.04 Å². The zero-order valence-electron chi connectivity index (χ0n) is 9.13. The lowest BCUT2D eigenvalue weighted by Gasteiger charge is -2.14. The van der Waals surface area contributed by atoms with Crippen LogP contribution in [0.15, 0.2) is 22.7 Å². The number of nitrogens with zero attached hydrogens (tertiary/aromatic N) is 1. The summed E-state index contributed by atoms with van der Waals surface area (Å²) >= 11 is 3.33. The van der Waals surface area contributed by atoms with Gasteiger partial charge < -0.3 is 5.32 Å². The van der Waals surface area contributed by atoms with E-state index in [1.165, 1.54) is 0 Å². The molecule has 0 radical (unpaired) electrons. The van der Waals surface area contributed by atoms with Crippen LogP contribution in [0.4, 0.5) is 5.69 Å². The van der Waals surface area contributed by atoms with Crippen molar-refractivity contribution in [3.63, 3.8) is 0 Å². The Hall–Kier alpha value is -1.45. The number of halogens is 1. The van der Waals surface area contributed by atoms with Crippen LogP contribution in [0.1, 0.15) is 25.3 Å². The van der Waals surface area contributed by atoms with Crippen molar-refractivity contribution in [2.24, 2.45) is 0 Å². The van der Waals surface area contributed by atoms with Gasteiger partial charge in [-0.25, -0.2) is 0 Å². The Morgan fingerprint density at radius 2 is 2.31 bits per heavy atom. The molecule has 0 spiro atoms. The third-order valence-electron chi connectivity index (χ3n) is 2.21. The highest BCUT2D eigenvalue weighted by Crippen LogP contribution is 2.21. The molecule has 1 aromatic rings. The molecule has 3 heteroatoms. The number of terminal acetylenes is 1. The summed E-state index contributed by atoms with van der Waals surface area (Å²) in [5, 5.41) is 12.2. The predicted molar refractivity (Wildman–Crippen MR) is 70.0 cm³/mol. The highest BCUT2D eigenvalue weighted by Gasteiger charge is 2.07. The molecule has 0 aliphatic rings. The molecule has 0 aliphatic carbocycles. The highest BCUT2D eigenvalue weighted by atomic mass is 79.9. The third kappa shape index (κ3) is 3.29. The van der Waals surface area contributed by atoms with Gasteiger partial charge in [0.1, 0.15) is 6.07 Å². The topological polar surface area (TPSA) is 35.8 Å². The summed E-state index contributed by atoms with van der Waals surface area (Å²) in [4.78, 5) is 0. The van der Waals surface area contributed by atoms with E-state index in [2.05, 4.69) is 40.2 Å². The molecular formula is C13H13BrN2. The summed E-state index contributed by atoms with van der Waals surface area (Å²) < 4.78 is 0.891. The number of nitriles is 1. The summed E-state index contributed by atoms with van der Waals surface area (Å²) in [7, 11) is 0. The predicted octanol–water partition coefficient (Wildman–Crippen LogP) is 3.53. The normalized spacial score (nSPS) is 11.2. The molecular weight excluding hydrogens is 264 g/mol. The molecule has 82 valence electrons. The summed E-state index contributed by atoms with van der Waals surface area (Å²) in [6.07, 6.45) is 7.34. The molecule has 0 aromatic heterocycles. The summed E-state index contributed by atoms with van der Waals surface area (Å²) in [5.74, 6) is 2.69. The highest BCUT2D eigenvalue weighted by molar-refractivity contribution is 9.10. The molecule has 0 amide bonds. The first-order chi connectivity index (χ1) is 7.71. The fraction of sp³-hybridized carbons (Fsp3) is 0.308. The van der Waals surface area contributed by atoms with E-state index in [9.17, 15) is 0 Å². The van der Waals surface area contributed by atoms with Crippen LogP contribution in [-0.4, -0.2) is 6.04 Å². The van der Waals surface area contributed by atoms with E-state index in [4.69, 9.17) is 11.7 Å². The van der Waals surface area contributed by atoms with Crippen LogP contribution in [0, 0.1) is 23.7 Å². The van der Waals surface area contributed by atoms with Crippen molar-refractivity contribution in [2.75, 3.05) is 5.32 Å². The number of benzene rings is 1. The van der Waals surface area contributed by atoms with Crippen molar-refractivity contribution in [2.45, 2.75) is 25.8 Å². The maximum atomic E-state index is 9.00. The largest absolute Gasteiger partial charge is 0.370 e. The number of hydrogen-bond acceptors (Lipinski definition) is 2. The van der Waals surface area contributed by atoms with Crippen molar-refractivity contribution in [3.05, 3.63) is 28.2 Å². The SMILES string of the molecule is C#CC(CCC)Nc1ccc(Br)cc1C#N. The standard InChI is InChI=1S/C13H13BrN2/c1-3-5-12(4-2)16-13-7-6-11(14)8-10(13)9-15/h2,6-8,12,16H,3,5H2,1H3. The Morgan fingerprint density at radius 3 is 2.88 bits per heavy atom. The van der Waals surface area contributed by atoms with E-state index in [0.29, 0.717) is 5.56 Å². The fourth-order valence-corrected chi connectivity index (χ4v) is 1.77. The van der Waals surface area contributed by atoms with Crippen LogP contribution < -0.4 is 5.32 Å². The van der Waals surface area contributed by atoms with Gasteiger partial charge >= 0.3 is 0 Å². The average molecular weight is 277 g/mol. The van der Waals surface area contributed by atoms with Crippen molar-refractivity contribution in [1.82, 2.24) is 0 Å². The van der Waals surface area contributed by atoms with Gasteiger partial charge in [-0.05, 0) is 24.6 Å². The molecule has 0 fully saturated rings. The molecule has 1 rings (SSSR count). The maximum Gasteiger partial charge on any atom is 0.101 e. The minimum absolute atomic E-state index is 0.0155. The molecule has 0 saturated carbocycles. The van der Waals surface area contributed by atoms with Gasteiger partial charge in [0.25, 0.3) is 0 Å². The molecule has 0 heterocycles. The summed E-state index contributed by atoms with van der Waals surface area (Å²) in [6, 6.07) is 7.67. The number of rotatable bonds is 4. The monoisotopic (exact) mass is 276 g/mol. The molecule has 16 heavy (non-hydrogen) atoms. The van der Waals surface area contributed by atoms with E-state index in [1.54, 1.807) is 6.07 Å². The Labute approximate surface area is 105 Å². The third-order valence-corrected chi connectivity index (χ3v) is 2.70. The van der Waals surface area contributed by atoms with Gasteiger partial charge in [0.2, 0.25) is 0 Å². The van der Waals surface area contributed by atoms with Crippen LogP contribution in [-0.2, 0) is 0 Å². The average Bonchev–Trinajstić information content (AvgIpc) is 2.30. The van der Waals surface area contributed by atoms with Gasteiger partial charge in [-0.15, -0.1) is 6.42 Å². The molecule has 2 nitrogen and oxygen atoms in total.